The normalized spacial score (nSPS) is 31.4. The lowest BCUT2D eigenvalue weighted by molar-refractivity contribution is -0.156. The predicted molar refractivity (Wildman–Crippen MR) is 130 cm³/mol. The molecule has 0 aromatic heterocycles. The van der Waals surface area contributed by atoms with Crippen LogP contribution >= 0.6 is 15.9 Å². The fourth-order valence-electron chi connectivity index (χ4n) is 4.59. The molecule has 5 atom stereocenters. The van der Waals surface area contributed by atoms with Gasteiger partial charge in [-0.2, -0.15) is 0 Å². The molecule has 1 aliphatic carbocycles. The van der Waals surface area contributed by atoms with Crippen LogP contribution in [-0.4, -0.2) is 76.5 Å². The maximum absolute atomic E-state index is 13.2. The van der Waals surface area contributed by atoms with Gasteiger partial charge in [0.05, 0.1) is 31.5 Å². The Bertz CT molecular complexity index is 989. The average molecular weight is 572 g/mol. The van der Waals surface area contributed by atoms with E-state index in [9.17, 15) is 24.0 Å². The molecule has 1 spiro atoms. The van der Waals surface area contributed by atoms with Crippen LogP contribution in [0.1, 0.15) is 54.4 Å². The van der Waals surface area contributed by atoms with Gasteiger partial charge in [-0.15, -0.1) is 0 Å². The highest BCUT2D eigenvalue weighted by atomic mass is 79.9. The van der Waals surface area contributed by atoms with Crippen molar-refractivity contribution >= 4 is 45.7 Å². The van der Waals surface area contributed by atoms with Gasteiger partial charge in [-0.1, -0.05) is 35.0 Å². The summed E-state index contributed by atoms with van der Waals surface area (Å²) in [7, 11) is 0. The average Bonchev–Trinajstić information content (AvgIpc) is 3.49. The summed E-state index contributed by atoms with van der Waals surface area (Å²) in [5.74, 6) is -3.48. The number of epoxide rings is 1. The number of carbonyl (C=O) groups is 5. The number of esters is 3. The standard InChI is InChI=1S/C25H34BrNO9/c1-15(14-35-21(32)22(3,4)26)19(30)34-13-7-12-33-17(28)8-11-27-18(29)16(2)24(6)25(36-24)10-9-23(25,5)20(27)31/h9-10,15-16H,7-8,11-14H2,1-6H3. The highest BCUT2D eigenvalue weighted by molar-refractivity contribution is 9.10. The Morgan fingerprint density at radius 3 is 2.36 bits per heavy atom. The zero-order chi connectivity index (χ0) is 27.1. The molecule has 2 saturated heterocycles. The van der Waals surface area contributed by atoms with Crippen molar-refractivity contribution in [3.63, 3.8) is 0 Å². The molecule has 0 saturated carbocycles. The van der Waals surface area contributed by atoms with Crippen molar-refractivity contribution in [1.29, 1.82) is 0 Å². The van der Waals surface area contributed by atoms with Crippen LogP contribution in [0.4, 0.5) is 0 Å². The zero-order valence-corrected chi connectivity index (χ0v) is 23.1. The van der Waals surface area contributed by atoms with Crippen LogP contribution in [0, 0.1) is 17.3 Å². The van der Waals surface area contributed by atoms with Crippen molar-refractivity contribution in [3.05, 3.63) is 12.2 Å². The van der Waals surface area contributed by atoms with E-state index in [1.54, 1.807) is 40.7 Å². The van der Waals surface area contributed by atoms with E-state index in [1.807, 2.05) is 13.0 Å². The molecule has 10 nitrogen and oxygen atoms in total. The fourth-order valence-corrected chi connectivity index (χ4v) is 4.71. The Kier molecular flexibility index (Phi) is 7.77. The third kappa shape index (κ3) is 4.83. The van der Waals surface area contributed by atoms with E-state index in [1.165, 1.54) is 0 Å². The van der Waals surface area contributed by atoms with Crippen LogP contribution in [0.2, 0.25) is 0 Å². The topological polar surface area (TPSA) is 129 Å². The molecule has 2 amide bonds. The second kappa shape index (κ2) is 9.89. The van der Waals surface area contributed by atoms with Crippen molar-refractivity contribution in [2.24, 2.45) is 17.3 Å². The Hall–Kier alpha value is -2.27. The first-order valence-corrected chi connectivity index (χ1v) is 12.8. The predicted octanol–water partition coefficient (Wildman–Crippen LogP) is 2.31. The molecular formula is C25H34BrNO9. The first-order valence-electron chi connectivity index (χ1n) is 12.1. The first-order chi connectivity index (χ1) is 16.6. The summed E-state index contributed by atoms with van der Waals surface area (Å²) in [5.41, 5.74) is -2.43. The van der Waals surface area contributed by atoms with Crippen LogP contribution in [0.5, 0.6) is 0 Å². The smallest absolute Gasteiger partial charge is 0.322 e. The Morgan fingerprint density at radius 1 is 1.14 bits per heavy atom. The summed E-state index contributed by atoms with van der Waals surface area (Å²) in [6.07, 6.45) is 3.74. The molecule has 0 aromatic carbocycles. The summed E-state index contributed by atoms with van der Waals surface area (Å²) >= 11 is 3.19. The third-order valence-electron chi connectivity index (χ3n) is 7.33. The van der Waals surface area contributed by atoms with Crippen molar-refractivity contribution in [3.8, 4) is 0 Å². The minimum absolute atomic E-state index is 0.0149. The number of nitrogens with zero attached hydrogens (tertiary/aromatic N) is 1. The van der Waals surface area contributed by atoms with Crippen LogP contribution in [0.15, 0.2) is 12.2 Å². The van der Waals surface area contributed by atoms with Crippen LogP contribution < -0.4 is 0 Å². The van der Waals surface area contributed by atoms with Gasteiger partial charge in [-0.3, -0.25) is 28.9 Å². The summed E-state index contributed by atoms with van der Waals surface area (Å²) in [5, 5.41) is 0. The lowest BCUT2D eigenvalue weighted by atomic mass is 9.61. The number of alkyl halides is 1. The highest BCUT2D eigenvalue weighted by Gasteiger charge is 2.83. The van der Waals surface area contributed by atoms with E-state index < -0.39 is 50.7 Å². The van der Waals surface area contributed by atoms with Gasteiger partial charge in [-0.25, -0.2) is 0 Å². The molecular weight excluding hydrogens is 538 g/mol. The number of ether oxygens (including phenoxy) is 4. The molecule has 0 aromatic rings. The first kappa shape index (κ1) is 28.3. The Balaban J connectivity index is 1.36. The SMILES string of the molecule is CC(COC(=O)C(C)(C)Br)C(=O)OCCCOC(=O)CCN1C(=O)C(C)C2(C)OC23C=CC3(C)C1=O. The second-order valence-corrected chi connectivity index (χ2v) is 12.4. The zero-order valence-electron chi connectivity index (χ0n) is 21.6. The molecule has 5 unspecified atom stereocenters. The molecule has 200 valence electrons. The van der Waals surface area contributed by atoms with Gasteiger partial charge in [-0.05, 0) is 34.6 Å². The van der Waals surface area contributed by atoms with Gasteiger partial charge in [0.2, 0.25) is 11.8 Å². The molecule has 2 fully saturated rings. The lowest BCUT2D eigenvalue weighted by Crippen LogP contribution is -2.54. The third-order valence-corrected chi connectivity index (χ3v) is 7.66. The van der Waals surface area contributed by atoms with E-state index >= 15 is 0 Å². The van der Waals surface area contributed by atoms with Crippen molar-refractivity contribution in [2.45, 2.75) is 69.9 Å². The number of hydrogen-bond acceptors (Lipinski definition) is 9. The van der Waals surface area contributed by atoms with Crippen LogP contribution in [-0.2, 0) is 42.9 Å². The number of amides is 2. The maximum atomic E-state index is 13.2. The number of imide groups is 1. The molecule has 0 radical (unpaired) electrons. The van der Waals surface area contributed by atoms with Crippen molar-refractivity contribution in [2.75, 3.05) is 26.4 Å². The molecule has 0 N–H and O–H groups in total. The monoisotopic (exact) mass is 571 g/mol. The van der Waals surface area contributed by atoms with Gasteiger partial charge >= 0.3 is 17.9 Å². The summed E-state index contributed by atoms with van der Waals surface area (Å²) in [4.78, 5) is 63.2. The van der Waals surface area contributed by atoms with Gasteiger partial charge in [0.25, 0.3) is 0 Å². The number of likely N-dealkylation sites (tertiary alicyclic amines) is 1. The van der Waals surface area contributed by atoms with Crippen LogP contribution in [0.25, 0.3) is 0 Å². The molecule has 11 heteroatoms. The minimum atomic E-state index is -0.935. The van der Waals surface area contributed by atoms with E-state index in [-0.39, 0.29) is 51.0 Å². The van der Waals surface area contributed by atoms with Gasteiger partial charge in [0.1, 0.15) is 27.5 Å². The van der Waals surface area contributed by atoms with E-state index in [4.69, 9.17) is 18.9 Å². The number of halogens is 1. The quantitative estimate of drug-likeness (QED) is 0.0697. The van der Waals surface area contributed by atoms with Crippen LogP contribution in [0.3, 0.4) is 0 Å². The van der Waals surface area contributed by atoms with E-state index in [0.29, 0.717) is 0 Å². The number of hydrogen-bond donors (Lipinski definition) is 0. The lowest BCUT2D eigenvalue weighted by Gasteiger charge is -2.39. The van der Waals surface area contributed by atoms with Gasteiger partial charge < -0.3 is 18.9 Å². The molecule has 0 bridgehead atoms. The Morgan fingerprint density at radius 2 is 1.78 bits per heavy atom. The summed E-state index contributed by atoms with van der Waals surface area (Å²) in [6.45, 7) is 10.1. The van der Waals surface area contributed by atoms with Crippen molar-refractivity contribution < 1.29 is 42.9 Å². The summed E-state index contributed by atoms with van der Waals surface area (Å²) < 4.78 is 20.4. The molecule has 36 heavy (non-hydrogen) atoms. The highest BCUT2D eigenvalue weighted by Crippen LogP contribution is 2.69. The fraction of sp³-hybridized carbons (Fsp3) is 0.720. The molecule has 3 rings (SSSR count). The largest absolute Gasteiger partial charge is 0.465 e. The van der Waals surface area contributed by atoms with Gasteiger partial charge in [0.15, 0.2) is 0 Å². The molecule has 2 aliphatic heterocycles. The number of rotatable bonds is 11. The minimum Gasteiger partial charge on any atom is -0.465 e. The van der Waals surface area contributed by atoms with E-state index in [0.717, 1.165) is 4.90 Å². The number of carbonyl (C=O) groups excluding carboxylic acids is 5. The van der Waals surface area contributed by atoms with Gasteiger partial charge in [0, 0.05) is 13.0 Å². The van der Waals surface area contributed by atoms with Crippen molar-refractivity contribution in [1.82, 2.24) is 4.90 Å². The second-order valence-electron chi connectivity index (χ2n) is 10.5. The molecule has 3 aliphatic rings. The molecule has 2 heterocycles. The maximum Gasteiger partial charge on any atom is 0.322 e. The Labute approximate surface area is 219 Å². The van der Waals surface area contributed by atoms with E-state index in [2.05, 4.69) is 15.9 Å². The summed E-state index contributed by atoms with van der Waals surface area (Å²) in [6, 6.07) is 0.